The molecule has 24 heavy (non-hydrogen) atoms. The summed E-state index contributed by atoms with van der Waals surface area (Å²) >= 11 is 0. The van der Waals surface area contributed by atoms with Crippen molar-refractivity contribution < 1.29 is 19.4 Å². The van der Waals surface area contributed by atoms with Crippen molar-refractivity contribution in [3.63, 3.8) is 0 Å². The summed E-state index contributed by atoms with van der Waals surface area (Å²) in [5.41, 5.74) is 0.639. The molecule has 2 atom stereocenters. The number of carboxylic acids is 1. The number of hydrogen-bond acceptors (Lipinski definition) is 5. The predicted octanol–water partition coefficient (Wildman–Crippen LogP) is 2.25. The summed E-state index contributed by atoms with van der Waals surface area (Å²) in [6.45, 7) is 7.70. The van der Waals surface area contributed by atoms with Gasteiger partial charge in [0, 0.05) is 31.2 Å². The molecular weight excluding hydrogens is 308 g/mol. The lowest BCUT2D eigenvalue weighted by molar-refractivity contribution is -0.145. The average molecular weight is 336 g/mol. The molecule has 1 saturated heterocycles. The van der Waals surface area contributed by atoms with Crippen molar-refractivity contribution in [2.45, 2.75) is 32.4 Å². The van der Waals surface area contributed by atoms with Crippen LogP contribution in [-0.4, -0.2) is 67.3 Å². The van der Waals surface area contributed by atoms with Crippen molar-refractivity contribution in [1.29, 1.82) is 0 Å². The number of aliphatic carboxylic acids is 1. The summed E-state index contributed by atoms with van der Waals surface area (Å²) < 4.78 is 10.7. The maximum absolute atomic E-state index is 12.0. The lowest BCUT2D eigenvalue weighted by Crippen LogP contribution is -2.53. The summed E-state index contributed by atoms with van der Waals surface area (Å²) in [4.78, 5) is 16.5. The number of ether oxygens (including phenoxy) is 2. The van der Waals surface area contributed by atoms with Gasteiger partial charge in [-0.3, -0.25) is 14.6 Å². The van der Waals surface area contributed by atoms with Crippen molar-refractivity contribution >= 4 is 5.97 Å². The van der Waals surface area contributed by atoms with Gasteiger partial charge in [0.15, 0.2) is 0 Å². The van der Waals surface area contributed by atoms with Gasteiger partial charge in [-0.2, -0.15) is 0 Å². The Labute approximate surface area is 144 Å². The highest BCUT2D eigenvalue weighted by molar-refractivity contribution is 5.77. The molecule has 0 aliphatic carbocycles. The van der Waals surface area contributed by atoms with E-state index in [2.05, 4.69) is 18.7 Å². The second-order valence-electron chi connectivity index (χ2n) is 6.23. The highest BCUT2D eigenvalue weighted by Gasteiger charge is 2.34. The molecule has 1 aromatic rings. The van der Waals surface area contributed by atoms with Crippen LogP contribution in [-0.2, 0) is 4.79 Å². The predicted molar refractivity (Wildman–Crippen MR) is 92.8 cm³/mol. The highest BCUT2D eigenvalue weighted by Crippen LogP contribution is 2.34. The van der Waals surface area contributed by atoms with Crippen LogP contribution < -0.4 is 9.47 Å². The van der Waals surface area contributed by atoms with Crippen molar-refractivity contribution in [2.24, 2.45) is 0 Å². The fourth-order valence-electron chi connectivity index (χ4n) is 3.42. The zero-order valence-corrected chi connectivity index (χ0v) is 15.0. The van der Waals surface area contributed by atoms with Crippen molar-refractivity contribution in [1.82, 2.24) is 9.80 Å². The normalized spacial score (nSPS) is 20.6. The molecule has 6 nitrogen and oxygen atoms in total. The molecule has 1 N–H and O–H groups in total. The van der Waals surface area contributed by atoms with Crippen molar-refractivity contribution in [3.8, 4) is 11.5 Å². The fourth-order valence-corrected chi connectivity index (χ4v) is 3.42. The van der Waals surface area contributed by atoms with Gasteiger partial charge in [-0.1, -0.05) is 6.92 Å². The number of piperazine rings is 1. The molecule has 134 valence electrons. The van der Waals surface area contributed by atoms with E-state index in [0.717, 1.165) is 32.6 Å². The Bertz CT molecular complexity index is 564. The zero-order chi connectivity index (χ0) is 17.7. The van der Waals surface area contributed by atoms with E-state index in [4.69, 9.17) is 9.47 Å². The lowest BCUT2D eigenvalue weighted by atomic mass is 10.0. The van der Waals surface area contributed by atoms with Gasteiger partial charge in [0.25, 0.3) is 0 Å². The monoisotopic (exact) mass is 336 g/mol. The van der Waals surface area contributed by atoms with Crippen LogP contribution in [0.1, 0.15) is 31.9 Å². The molecule has 0 spiro atoms. The van der Waals surface area contributed by atoms with Crippen LogP contribution in [0.2, 0.25) is 0 Å². The van der Waals surface area contributed by atoms with Crippen LogP contribution in [0, 0.1) is 0 Å². The lowest BCUT2D eigenvalue weighted by Gasteiger charge is -2.42. The second-order valence-corrected chi connectivity index (χ2v) is 6.23. The van der Waals surface area contributed by atoms with Gasteiger partial charge in [-0.05, 0) is 38.1 Å². The maximum atomic E-state index is 12.0. The van der Waals surface area contributed by atoms with Gasteiger partial charge in [-0.25, -0.2) is 0 Å². The Balaban J connectivity index is 2.29. The average Bonchev–Trinajstić information content (AvgIpc) is 2.57. The van der Waals surface area contributed by atoms with Crippen molar-refractivity contribution in [3.05, 3.63) is 23.8 Å². The smallest absolute Gasteiger partial charge is 0.325 e. The number of hydrogen-bond donors (Lipinski definition) is 1. The van der Waals surface area contributed by atoms with E-state index in [1.165, 1.54) is 0 Å². The molecule has 2 unspecified atom stereocenters. The second kappa shape index (κ2) is 8.35. The van der Waals surface area contributed by atoms with Crippen molar-refractivity contribution in [2.75, 3.05) is 40.4 Å². The minimum absolute atomic E-state index is 0.331. The van der Waals surface area contributed by atoms with E-state index in [9.17, 15) is 9.90 Å². The highest BCUT2D eigenvalue weighted by atomic mass is 16.5. The molecule has 0 aromatic heterocycles. The first-order valence-electron chi connectivity index (χ1n) is 8.44. The number of carbonyl (C=O) groups is 1. The molecule has 0 amide bonds. The number of rotatable bonds is 7. The molecule has 1 fully saturated rings. The van der Waals surface area contributed by atoms with E-state index >= 15 is 0 Å². The van der Waals surface area contributed by atoms with Gasteiger partial charge < -0.3 is 14.6 Å². The molecular formula is C18H28N2O4. The summed E-state index contributed by atoms with van der Waals surface area (Å²) in [7, 11) is 3.14. The summed E-state index contributed by atoms with van der Waals surface area (Å²) in [6.07, 6.45) is 1.11. The van der Waals surface area contributed by atoms with Crippen LogP contribution in [0.4, 0.5) is 0 Å². The van der Waals surface area contributed by atoms with E-state index in [-0.39, 0.29) is 0 Å². The molecule has 1 aliphatic heterocycles. The number of methoxy groups -OCH3 is 2. The van der Waals surface area contributed by atoms with Gasteiger partial charge >= 0.3 is 5.97 Å². The standard InChI is InChI=1S/C18H28N2O4/c1-5-8-19-9-10-20(12-13(19)2)17(18(21)22)15-11-14(23-3)6-7-16(15)24-4/h6-7,11,13,17H,5,8-10,12H2,1-4H3,(H,21,22). The largest absolute Gasteiger partial charge is 0.497 e. The van der Waals surface area contributed by atoms with Crippen LogP contribution in [0.3, 0.4) is 0 Å². The first kappa shape index (κ1) is 18.5. The number of nitrogens with zero attached hydrogens (tertiary/aromatic N) is 2. The zero-order valence-electron chi connectivity index (χ0n) is 15.0. The number of carboxylic acid groups (broad SMARTS) is 1. The molecule has 1 heterocycles. The molecule has 1 aliphatic rings. The Hall–Kier alpha value is -1.79. The first-order chi connectivity index (χ1) is 11.5. The molecule has 0 radical (unpaired) electrons. The van der Waals surface area contributed by atoms with Crippen LogP contribution in [0.15, 0.2) is 18.2 Å². The summed E-state index contributed by atoms with van der Waals surface area (Å²) in [6, 6.07) is 4.91. The third-order valence-electron chi connectivity index (χ3n) is 4.64. The SMILES string of the molecule is CCCN1CCN(C(C(=O)O)c2cc(OC)ccc2OC)CC1C. The molecule has 1 aromatic carbocycles. The number of benzene rings is 1. The molecule has 0 saturated carbocycles. The van der Waals surface area contributed by atoms with E-state index < -0.39 is 12.0 Å². The minimum Gasteiger partial charge on any atom is -0.497 e. The van der Waals surface area contributed by atoms with E-state index in [0.29, 0.717) is 23.1 Å². The van der Waals surface area contributed by atoms with Crippen LogP contribution in [0.5, 0.6) is 11.5 Å². The fraction of sp³-hybridized carbons (Fsp3) is 0.611. The van der Waals surface area contributed by atoms with Gasteiger partial charge in [0.05, 0.1) is 14.2 Å². The minimum atomic E-state index is -0.863. The summed E-state index contributed by atoms with van der Waals surface area (Å²) in [5, 5.41) is 9.87. The van der Waals surface area contributed by atoms with Gasteiger partial charge in [0.2, 0.25) is 0 Å². The first-order valence-corrected chi connectivity index (χ1v) is 8.44. The maximum Gasteiger partial charge on any atom is 0.325 e. The Morgan fingerprint density at radius 2 is 2.08 bits per heavy atom. The molecule has 0 bridgehead atoms. The van der Waals surface area contributed by atoms with Gasteiger partial charge in [0.1, 0.15) is 17.5 Å². The Kier molecular flexibility index (Phi) is 6.45. The van der Waals surface area contributed by atoms with Crippen LogP contribution >= 0.6 is 0 Å². The Morgan fingerprint density at radius 3 is 2.62 bits per heavy atom. The third kappa shape index (κ3) is 3.99. The van der Waals surface area contributed by atoms with Crippen LogP contribution in [0.25, 0.3) is 0 Å². The molecule has 2 rings (SSSR count). The quantitative estimate of drug-likeness (QED) is 0.824. The van der Waals surface area contributed by atoms with Gasteiger partial charge in [-0.15, -0.1) is 0 Å². The topological polar surface area (TPSA) is 62.2 Å². The van der Waals surface area contributed by atoms with E-state index in [1.807, 2.05) is 4.90 Å². The van der Waals surface area contributed by atoms with E-state index in [1.54, 1.807) is 32.4 Å². The summed E-state index contributed by atoms with van der Waals surface area (Å²) in [5.74, 6) is 0.347. The third-order valence-corrected chi connectivity index (χ3v) is 4.64. The Morgan fingerprint density at radius 1 is 1.33 bits per heavy atom. The molecule has 6 heteroatoms.